The number of aromatic amines is 1. The first-order valence-electron chi connectivity index (χ1n) is 9.77. The SMILES string of the molecule is C=C/C=C\C(=C/N)C(=C)/C=c1\c(=C/N)[nH]c2ncc(F)c(-c3cccc(NS(C)(=O)=O)c3)c12. The third kappa shape index (κ3) is 5.21. The van der Waals surface area contributed by atoms with E-state index >= 15 is 4.39 Å². The molecule has 3 aromatic rings. The van der Waals surface area contributed by atoms with Crippen molar-refractivity contribution < 1.29 is 12.8 Å². The number of nitrogens with two attached hydrogens (primary N) is 2. The molecule has 33 heavy (non-hydrogen) atoms. The number of benzene rings is 1. The fourth-order valence-electron chi connectivity index (χ4n) is 3.39. The lowest BCUT2D eigenvalue weighted by Crippen LogP contribution is -2.25. The van der Waals surface area contributed by atoms with Crippen LogP contribution in [0.1, 0.15) is 0 Å². The summed E-state index contributed by atoms with van der Waals surface area (Å²) >= 11 is 0. The van der Waals surface area contributed by atoms with E-state index in [1.54, 1.807) is 48.6 Å². The van der Waals surface area contributed by atoms with E-state index in [-0.39, 0.29) is 5.56 Å². The van der Waals surface area contributed by atoms with Crippen LogP contribution in [0.15, 0.2) is 79.2 Å². The summed E-state index contributed by atoms with van der Waals surface area (Å²) in [4.78, 5) is 7.25. The van der Waals surface area contributed by atoms with Gasteiger partial charge in [-0.2, -0.15) is 0 Å². The van der Waals surface area contributed by atoms with E-state index < -0.39 is 15.8 Å². The minimum atomic E-state index is -3.51. The number of allylic oxidation sites excluding steroid dienone is 5. The predicted octanol–water partition coefficient (Wildman–Crippen LogP) is 2.36. The number of fused-ring (bicyclic) bond motifs is 1. The van der Waals surface area contributed by atoms with Gasteiger partial charge >= 0.3 is 0 Å². The molecule has 0 aliphatic carbocycles. The van der Waals surface area contributed by atoms with Crippen LogP contribution in [0.2, 0.25) is 0 Å². The van der Waals surface area contributed by atoms with Gasteiger partial charge in [-0.3, -0.25) is 4.72 Å². The van der Waals surface area contributed by atoms with Crippen molar-refractivity contribution in [2.24, 2.45) is 11.5 Å². The van der Waals surface area contributed by atoms with Crippen LogP contribution in [0.5, 0.6) is 0 Å². The summed E-state index contributed by atoms with van der Waals surface area (Å²) in [6.45, 7) is 7.71. The lowest BCUT2D eigenvalue weighted by atomic mass is 10.00. The number of sulfonamides is 1. The minimum Gasteiger partial charge on any atom is -0.404 e. The minimum absolute atomic E-state index is 0.237. The Morgan fingerprint density at radius 3 is 2.70 bits per heavy atom. The second-order valence-corrected chi connectivity index (χ2v) is 8.91. The van der Waals surface area contributed by atoms with Crippen molar-refractivity contribution in [2.75, 3.05) is 11.0 Å². The second-order valence-electron chi connectivity index (χ2n) is 7.17. The zero-order valence-electron chi connectivity index (χ0n) is 18.0. The van der Waals surface area contributed by atoms with Gasteiger partial charge in [0.25, 0.3) is 0 Å². The Morgan fingerprint density at radius 2 is 2.06 bits per heavy atom. The number of aromatic nitrogens is 2. The maximum Gasteiger partial charge on any atom is 0.229 e. The van der Waals surface area contributed by atoms with E-state index in [4.69, 9.17) is 11.5 Å². The molecule has 0 bridgehead atoms. The van der Waals surface area contributed by atoms with E-state index in [0.29, 0.717) is 44.0 Å². The average molecular weight is 466 g/mol. The lowest BCUT2D eigenvalue weighted by Gasteiger charge is -2.09. The van der Waals surface area contributed by atoms with Gasteiger partial charge < -0.3 is 16.5 Å². The molecule has 0 aliphatic rings. The first kappa shape index (κ1) is 23.6. The number of hydrogen-bond donors (Lipinski definition) is 4. The Balaban J connectivity index is 2.34. The first-order chi connectivity index (χ1) is 15.7. The fourth-order valence-corrected chi connectivity index (χ4v) is 3.94. The molecule has 3 rings (SSSR count). The summed E-state index contributed by atoms with van der Waals surface area (Å²) < 4.78 is 40.9. The third-order valence-electron chi connectivity index (χ3n) is 4.75. The standard InChI is InChI=1S/C24H24FN5O2S/c1-4-5-7-17(12-26)15(2)10-19-21(13-27)29-24-23(19)22(20(25)14-28-24)16-8-6-9-18(11-16)30-33(3,31)32/h4-14,30H,1-2,26-27H2,3H3,(H,28,29)/b7-5-,17-12+,19-10+,21-13+. The summed E-state index contributed by atoms with van der Waals surface area (Å²) in [5.74, 6) is -0.581. The molecule has 0 spiro atoms. The van der Waals surface area contributed by atoms with Gasteiger partial charge in [-0.15, -0.1) is 0 Å². The summed E-state index contributed by atoms with van der Waals surface area (Å²) in [6, 6.07) is 6.44. The van der Waals surface area contributed by atoms with Crippen LogP contribution < -0.4 is 26.8 Å². The highest BCUT2D eigenvalue weighted by Crippen LogP contribution is 2.29. The van der Waals surface area contributed by atoms with Crippen LogP contribution in [-0.4, -0.2) is 24.6 Å². The van der Waals surface area contributed by atoms with Crippen LogP contribution in [0, 0.1) is 5.82 Å². The molecule has 1 aromatic carbocycles. The van der Waals surface area contributed by atoms with E-state index in [9.17, 15) is 8.42 Å². The maximum absolute atomic E-state index is 15.2. The first-order valence-corrected chi connectivity index (χ1v) is 11.7. The van der Waals surface area contributed by atoms with Crippen molar-refractivity contribution in [1.82, 2.24) is 9.97 Å². The van der Waals surface area contributed by atoms with Gasteiger partial charge in [0.2, 0.25) is 10.0 Å². The third-order valence-corrected chi connectivity index (χ3v) is 5.35. The topological polar surface area (TPSA) is 127 Å². The van der Waals surface area contributed by atoms with Gasteiger partial charge in [0.05, 0.1) is 17.8 Å². The molecule has 0 atom stereocenters. The number of anilines is 1. The number of pyridine rings is 1. The van der Waals surface area contributed by atoms with Crippen molar-refractivity contribution in [1.29, 1.82) is 0 Å². The second kappa shape index (κ2) is 9.58. The smallest absolute Gasteiger partial charge is 0.229 e. The zero-order chi connectivity index (χ0) is 24.2. The number of H-pyrrole nitrogens is 1. The molecule has 0 saturated carbocycles. The molecule has 6 N–H and O–H groups in total. The summed E-state index contributed by atoms with van der Waals surface area (Å²) in [6.07, 6.45) is 11.7. The Kier molecular flexibility index (Phi) is 6.83. The molecule has 0 amide bonds. The fraction of sp³-hybridized carbons (Fsp3) is 0.0417. The van der Waals surface area contributed by atoms with Gasteiger partial charge in [0.1, 0.15) is 11.5 Å². The molecule has 7 nitrogen and oxygen atoms in total. The monoisotopic (exact) mass is 465 g/mol. The largest absolute Gasteiger partial charge is 0.404 e. The molecule has 170 valence electrons. The number of nitrogens with one attached hydrogen (secondary N) is 2. The quantitative estimate of drug-likeness (QED) is 0.399. The maximum atomic E-state index is 15.2. The summed E-state index contributed by atoms with van der Waals surface area (Å²) in [5, 5.41) is 1.54. The van der Waals surface area contributed by atoms with E-state index in [0.717, 1.165) is 12.5 Å². The number of nitrogens with zero attached hydrogens (tertiary/aromatic N) is 1. The van der Waals surface area contributed by atoms with Crippen LogP contribution in [0.4, 0.5) is 10.1 Å². The number of hydrogen-bond acceptors (Lipinski definition) is 5. The van der Waals surface area contributed by atoms with Crippen molar-refractivity contribution in [3.8, 4) is 11.1 Å². The highest BCUT2D eigenvalue weighted by molar-refractivity contribution is 7.92. The van der Waals surface area contributed by atoms with Crippen LogP contribution in [-0.2, 0) is 10.0 Å². The summed E-state index contributed by atoms with van der Waals surface area (Å²) in [7, 11) is -3.51. The highest BCUT2D eigenvalue weighted by Gasteiger charge is 2.16. The molecule has 2 heterocycles. The molecular weight excluding hydrogens is 441 g/mol. The molecule has 0 fully saturated rings. The Morgan fingerprint density at radius 1 is 1.30 bits per heavy atom. The molecule has 9 heteroatoms. The zero-order valence-corrected chi connectivity index (χ0v) is 18.8. The molecule has 0 radical (unpaired) electrons. The molecule has 0 aliphatic heterocycles. The van der Waals surface area contributed by atoms with Gasteiger partial charge in [-0.05, 0) is 34.9 Å². The average Bonchev–Trinajstić information content (AvgIpc) is 3.10. The highest BCUT2D eigenvalue weighted by atomic mass is 32.2. The van der Waals surface area contributed by atoms with Crippen LogP contribution in [0.3, 0.4) is 0 Å². The molecule has 2 aromatic heterocycles. The van der Waals surface area contributed by atoms with Crippen LogP contribution in [0.25, 0.3) is 34.4 Å². The van der Waals surface area contributed by atoms with Crippen molar-refractivity contribution >= 4 is 39.0 Å². The number of halogens is 1. The van der Waals surface area contributed by atoms with Gasteiger partial charge in [0, 0.05) is 34.3 Å². The van der Waals surface area contributed by atoms with E-state index in [1.165, 1.54) is 12.4 Å². The van der Waals surface area contributed by atoms with Gasteiger partial charge in [-0.25, -0.2) is 17.8 Å². The Hall–Kier alpha value is -4.11. The van der Waals surface area contributed by atoms with Crippen molar-refractivity contribution in [3.05, 3.63) is 95.6 Å². The predicted molar refractivity (Wildman–Crippen MR) is 133 cm³/mol. The number of rotatable bonds is 7. The van der Waals surface area contributed by atoms with Crippen molar-refractivity contribution in [3.63, 3.8) is 0 Å². The Labute approximate surface area is 191 Å². The molecular formula is C24H24FN5O2S. The van der Waals surface area contributed by atoms with E-state index in [2.05, 4.69) is 27.8 Å². The molecule has 0 unspecified atom stereocenters. The normalized spacial score (nSPS) is 13.7. The Bertz CT molecular complexity index is 1530. The van der Waals surface area contributed by atoms with Crippen molar-refractivity contribution in [2.45, 2.75) is 0 Å². The molecule has 0 saturated heterocycles. The summed E-state index contributed by atoms with van der Waals surface area (Å²) in [5.41, 5.74) is 14.2. The van der Waals surface area contributed by atoms with Gasteiger partial charge in [-0.1, -0.05) is 43.5 Å². The van der Waals surface area contributed by atoms with E-state index in [1.807, 2.05) is 0 Å². The lowest BCUT2D eigenvalue weighted by molar-refractivity contribution is 0.607. The van der Waals surface area contributed by atoms with Gasteiger partial charge in [0.15, 0.2) is 0 Å². The van der Waals surface area contributed by atoms with Crippen LogP contribution >= 0.6 is 0 Å².